The van der Waals surface area contributed by atoms with E-state index in [4.69, 9.17) is 0 Å². The fraction of sp³-hybridized carbons (Fsp3) is 0.381. The number of nitrogens with zero attached hydrogens (tertiary/aromatic N) is 2. The van der Waals surface area contributed by atoms with Crippen molar-refractivity contribution in [1.82, 2.24) is 4.90 Å². The van der Waals surface area contributed by atoms with Gasteiger partial charge in [-0.3, -0.25) is 9.10 Å². The Morgan fingerprint density at radius 3 is 2.19 bits per heavy atom. The van der Waals surface area contributed by atoms with Gasteiger partial charge in [-0.2, -0.15) is 0 Å². The van der Waals surface area contributed by atoms with Gasteiger partial charge in [-0.15, -0.1) is 0 Å². The second kappa shape index (κ2) is 8.13. The summed E-state index contributed by atoms with van der Waals surface area (Å²) in [5.41, 5.74) is 2.07. The molecule has 144 valence electrons. The second-order valence-electron chi connectivity index (χ2n) is 7.28. The van der Waals surface area contributed by atoms with E-state index < -0.39 is 10.0 Å². The Bertz CT molecular complexity index is 871. The van der Waals surface area contributed by atoms with Crippen LogP contribution in [0.15, 0.2) is 54.6 Å². The van der Waals surface area contributed by atoms with Crippen molar-refractivity contribution in [3.05, 3.63) is 65.7 Å². The molecular formula is C21H26N2O3S. The van der Waals surface area contributed by atoms with Gasteiger partial charge < -0.3 is 4.90 Å². The van der Waals surface area contributed by atoms with Crippen LogP contribution in [0.5, 0.6) is 0 Å². The summed E-state index contributed by atoms with van der Waals surface area (Å²) in [5, 5.41) is 0. The van der Waals surface area contributed by atoms with Crippen molar-refractivity contribution in [3.63, 3.8) is 0 Å². The number of hydrogen-bond donors (Lipinski definition) is 0. The van der Waals surface area contributed by atoms with E-state index in [1.807, 2.05) is 35.2 Å². The van der Waals surface area contributed by atoms with Crippen LogP contribution >= 0.6 is 0 Å². The van der Waals surface area contributed by atoms with E-state index in [2.05, 4.69) is 6.92 Å². The van der Waals surface area contributed by atoms with Gasteiger partial charge in [0.05, 0.1) is 18.5 Å². The van der Waals surface area contributed by atoms with Crippen molar-refractivity contribution < 1.29 is 13.2 Å². The molecule has 1 saturated heterocycles. The molecule has 0 spiro atoms. The van der Waals surface area contributed by atoms with E-state index in [9.17, 15) is 13.2 Å². The lowest BCUT2D eigenvalue weighted by Gasteiger charge is -2.30. The van der Waals surface area contributed by atoms with Crippen LogP contribution in [0.4, 0.5) is 5.69 Å². The molecule has 1 amide bonds. The zero-order valence-corrected chi connectivity index (χ0v) is 16.7. The van der Waals surface area contributed by atoms with Crippen molar-refractivity contribution in [2.45, 2.75) is 26.3 Å². The van der Waals surface area contributed by atoms with E-state index in [1.54, 1.807) is 24.3 Å². The number of piperidine rings is 1. The molecule has 1 fully saturated rings. The standard InChI is InChI=1S/C21H26N2O3S/c1-17-12-14-22(15-13-17)21(24)19-8-10-20(11-9-19)23(27(2,25)26)16-18-6-4-3-5-7-18/h3-11,17H,12-16H2,1-2H3. The SMILES string of the molecule is CC1CCN(C(=O)c2ccc(N(Cc3ccccc3)S(C)(=O)=O)cc2)CC1. The van der Waals surface area contributed by atoms with Gasteiger partial charge in [0.15, 0.2) is 0 Å². The van der Waals surface area contributed by atoms with Gasteiger partial charge in [-0.25, -0.2) is 8.42 Å². The maximum Gasteiger partial charge on any atom is 0.253 e. The molecule has 5 nitrogen and oxygen atoms in total. The number of amides is 1. The van der Waals surface area contributed by atoms with Crippen LogP contribution in [0.1, 0.15) is 35.7 Å². The van der Waals surface area contributed by atoms with Gasteiger partial charge in [-0.05, 0) is 48.6 Å². The van der Waals surface area contributed by atoms with Gasteiger partial charge in [0, 0.05) is 18.7 Å². The van der Waals surface area contributed by atoms with E-state index >= 15 is 0 Å². The fourth-order valence-corrected chi connectivity index (χ4v) is 4.20. The largest absolute Gasteiger partial charge is 0.339 e. The Morgan fingerprint density at radius 2 is 1.63 bits per heavy atom. The molecule has 2 aromatic rings. The maximum absolute atomic E-state index is 12.7. The molecule has 0 atom stereocenters. The van der Waals surface area contributed by atoms with Crippen LogP contribution in [0, 0.1) is 5.92 Å². The molecular weight excluding hydrogens is 360 g/mol. The highest BCUT2D eigenvalue weighted by atomic mass is 32.2. The number of anilines is 1. The Hall–Kier alpha value is -2.34. The first-order chi connectivity index (χ1) is 12.8. The predicted molar refractivity (Wildman–Crippen MR) is 108 cm³/mol. The summed E-state index contributed by atoms with van der Waals surface area (Å²) in [5.74, 6) is 0.681. The Morgan fingerprint density at radius 1 is 1.04 bits per heavy atom. The minimum Gasteiger partial charge on any atom is -0.339 e. The molecule has 0 N–H and O–H groups in total. The number of likely N-dealkylation sites (tertiary alicyclic amines) is 1. The van der Waals surface area contributed by atoms with E-state index in [1.165, 1.54) is 10.6 Å². The fourth-order valence-electron chi connectivity index (χ4n) is 3.31. The monoisotopic (exact) mass is 386 g/mol. The molecule has 2 aromatic carbocycles. The minimum atomic E-state index is -3.44. The van der Waals surface area contributed by atoms with Crippen LogP contribution < -0.4 is 4.31 Å². The van der Waals surface area contributed by atoms with Crippen molar-refractivity contribution in [2.24, 2.45) is 5.92 Å². The summed E-state index contributed by atoms with van der Waals surface area (Å²) >= 11 is 0. The van der Waals surface area contributed by atoms with E-state index in [0.29, 0.717) is 17.2 Å². The molecule has 0 aromatic heterocycles. The molecule has 3 rings (SSSR count). The Balaban J connectivity index is 1.78. The third kappa shape index (κ3) is 4.89. The zero-order valence-electron chi connectivity index (χ0n) is 15.8. The van der Waals surface area contributed by atoms with Gasteiger partial charge in [0.25, 0.3) is 5.91 Å². The number of rotatable bonds is 5. The molecule has 1 aliphatic heterocycles. The van der Waals surface area contributed by atoms with Crippen LogP contribution in [-0.4, -0.2) is 38.6 Å². The molecule has 0 saturated carbocycles. The molecule has 0 aliphatic carbocycles. The van der Waals surface area contributed by atoms with Crippen LogP contribution in [0.25, 0.3) is 0 Å². The van der Waals surface area contributed by atoms with Crippen LogP contribution in [0.3, 0.4) is 0 Å². The molecule has 27 heavy (non-hydrogen) atoms. The van der Waals surface area contributed by atoms with Crippen LogP contribution in [-0.2, 0) is 16.6 Å². The first-order valence-corrected chi connectivity index (χ1v) is 11.1. The number of carbonyl (C=O) groups is 1. The highest BCUT2D eigenvalue weighted by Crippen LogP contribution is 2.23. The average molecular weight is 387 g/mol. The predicted octanol–water partition coefficient (Wildman–Crippen LogP) is 3.52. The van der Waals surface area contributed by atoms with Crippen molar-refractivity contribution in [1.29, 1.82) is 0 Å². The molecule has 1 aliphatic rings. The van der Waals surface area contributed by atoms with Crippen molar-refractivity contribution >= 4 is 21.6 Å². The van der Waals surface area contributed by atoms with Crippen molar-refractivity contribution in [2.75, 3.05) is 23.7 Å². The number of sulfonamides is 1. The van der Waals surface area contributed by atoms with E-state index in [0.717, 1.165) is 31.5 Å². The highest BCUT2D eigenvalue weighted by Gasteiger charge is 2.22. The Kier molecular flexibility index (Phi) is 5.85. The van der Waals surface area contributed by atoms with Crippen LogP contribution in [0.2, 0.25) is 0 Å². The quantitative estimate of drug-likeness (QED) is 0.790. The molecule has 0 radical (unpaired) electrons. The lowest BCUT2D eigenvalue weighted by molar-refractivity contribution is 0.0697. The summed E-state index contributed by atoms with van der Waals surface area (Å²) < 4.78 is 25.9. The zero-order chi connectivity index (χ0) is 19.4. The number of benzene rings is 2. The first kappa shape index (κ1) is 19.4. The van der Waals surface area contributed by atoms with Crippen molar-refractivity contribution in [3.8, 4) is 0 Å². The summed E-state index contributed by atoms with van der Waals surface area (Å²) in [6, 6.07) is 16.3. The number of hydrogen-bond acceptors (Lipinski definition) is 3. The maximum atomic E-state index is 12.7. The van der Waals surface area contributed by atoms with Gasteiger partial charge >= 0.3 is 0 Å². The van der Waals surface area contributed by atoms with Gasteiger partial charge in [0.2, 0.25) is 10.0 Å². The molecule has 1 heterocycles. The third-order valence-electron chi connectivity index (χ3n) is 5.04. The van der Waals surface area contributed by atoms with E-state index in [-0.39, 0.29) is 12.5 Å². The average Bonchev–Trinajstić information content (AvgIpc) is 2.66. The molecule has 0 unspecified atom stereocenters. The summed E-state index contributed by atoms with van der Waals surface area (Å²) in [4.78, 5) is 14.6. The molecule has 0 bridgehead atoms. The smallest absolute Gasteiger partial charge is 0.253 e. The lowest BCUT2D eigenvalue weighted by Crippen LogP contribution is -2.37. The second-order valence-corrected chi connectivity index (χ2v) is 9.18. The first-order valence-electron chi connectivity index (χ1n) is 9.25. The lowest BCUT2D eigenvalue weighted by atomic mass is 9.98. The highest BCUT2D eigenvalue weighted by molar-refractivity contribution is 7.92. The third-order valence-corrected chi connectivity index (χ3v) is 6.18. The Labute approximate surface area is 161 Å². The minimum absolute atomic E-state index is 0.0161. The molecule has 6 heteroatoms. The normalized spacial score (nSPS) is 15.6. The van der Waals surface area contributed by atoms with Gasteiger partial charge in [0.1, 0.15) is 0 Å². The number of carbonyl (C=O) groups excluding carboxylic acids is 1. The summed E-state index contributed by atoms with van der Waals surface area (Å²) in [6.07, 6.45) is 3.26. The summed E-state index contributed by atoms with van der Waals surface area (Å²) in [6.45, 7) is 4.04. The topological polar surface area (TPSA) is 57.7 Å². The summed E-state index contributed by atoms with van der Waals surface area (Å²) in [7, 11) is -3.44. The van der Waals surface area contributed by atoms with Gasteiger partial charge in [-0.1, -0.05) is 37.3 Å².